The Bertz CT molecular complexity index is 850. The van der Waals surface area contributed by atoms with Crippen molar-refractivity contribution < 1.29 is 19.1 Å². The zero-order chi connectivity index (χ0) is 20.1. The lowest BCUT2D eigenvalue weighted by atomic mass is 9.95. The topological polar surface area (TPSA) is 76.7 Å². The maximum atomic E-state index is 12.6. The Hall–Kier alpha value is -2.73. The second kappa shape index (κ2) is 8.52. The lowest BCUT2D eigenvalue weighted by Crippen LogP contribution is -2.50. The van der Waals surface area contributed by atoms with E-state index in [9.17, 15) is 9.59 Å². The molecule has 1 fully saturated rings. The quantitative estimate of drug-likeness (QED) is 0.696. The van der Waals surface area contributed by atoms with E-state index in [1.807, 2.05) is 19.1 Å². The molecule has 1 saturated carbocycles. The van der Waals surface area contributed by atoms with Crippen LogP contribution in [0.3, 0.4) is 0 Å². The van der Waals surface area contributed by atoms with Crippen molar-refractivity contribution in [3.05, 3.63) is 59.1 Å². The van der Waals surface area contributed by atoms with Crippen LogP contribution in [0.15, 0.2) is 48.5 Å². The number of ether oxygens (including phenoxy) is 2. The van der Waals surface area contributed by atoms with Gasteiger partial charge in [-0.25, -0.2) is 0 Å². The Morgan fingerprint density at radius 1 is 1.11 bits per heavy atom. The first-order valence-electron chi connectivity index (χ1n) is 9.20. The van der Waals surface area contributed by atoms with Gasteiger partial charge < -0.3 is 9.47 Å². The third-order valence-corrected chi connectivity index (χ3v) is 4.91. The molecular weight excluding hydrogens is 380 g/mol. The second-order valence-corrected chi connectivity index (χ2v) is 7.14. The summed E-state index contributed by atoms with van der Waals surface area (Å²) >= 11 is 6.03. The third kappa shape index (κ3) is 4.57. The lowest BCUT2D eigenvalue weighted by molar-refractivity contribution is -0.133. The van der Waals surface area contributed by atoms with Gasteiger partial charge in [0.05, 0.1) is 12.0 Å². The van der Waals surface area contributed by atoms with Crippen molar-refractivity contribution in [2.24, 2.45) is 0 Å². The maximum Gasteiger partial charge on any atom is 0.279 e. The molecule has 0 bridgehead atoms. The minimum absolute atomic E-state index is 0.253. The van der Waals surface area contributed by atoms with Gasteiger partial charge >= 0.3 is 0 Å². The molecule has 1 aliphatic rings. The Labute approximate surface area is 169 Å². The average Bonchev–Trinajstić information content (AvgIpc) is 3.49. The van der Waals surface area contributed by atoms with Crippen molar-refractivity contribution in [3.8, 4) is 11.5 Å². The number of benzene rings is 2. The van der Waals surface area contributed by atoms with Crippen LogP contribution in [0, 0.1) is 0 Å². The Morgan fingerprint density at radius 2 is 1.79 bits per heavy atom. The van der Waals surface area contributed by atoms with Gasteiger partial charge in [0.1, 0.15) is 11.5 Å². The van der Waals surface area contributed by atoms with E-state index in [0.29, 0.717) is 30.2 Å². The molecule has 0 aliphatic heterocycles. The smallest absolute Gasteiger partial charge is 0.279 e. The molecule has 0 saturated heterocycles. The minimum atomic E-state index is -0.778. The van der Waals surface area contributed by atoms with E-state index < -0.39 is 17.4 Å². The molecule has 0 heterocycles. The van der Waals surface area contributed by atoms with E-state index in [4.69, 9.17) is 21.1 Å². The van der Waals surface area contributed by atoms with Crippen molar-refractivity contribution >= 4 is 23.4 Å². The second-order valence-electron chi connectivity index (χ2n) is 6.70. The van der Waals surface area contributed by atoms with Crippen LogP contribution in [0.4, 0.5) is 0 Å². The molecule has 0 aromatic heterocycles. The number of carbonyl (C=O) groups is 2. The number of hydrazine groups is 1. The summed E-state index contributed by atoms with van der Waals surface area (Å²) in [5, 5.41) is 0.581. The fraction of sp³-hybridized carbons (Fsp3) is 0.333. The summed E-state index contributed by atoms with van der Waals surface area (Å²) in [5.41, 5.74) is 5.18. The number of hydrogen-bond acceptors (Lipinski definition) is 4. The first-order valence-corrected chi connectivity index (χ1v) is 9.58. The molecule has 0 spiro atoms. The number of carbonyl (C=O) groups excluding carboxylic acids is 2. The van der Waals surface area contributed by atoms with E-state index in [0.717, 1.165) is 11.3 Å². The normalized spacial score (nSPS) is 15.2. The van der Waals surface area contributed by atoms with Crippen LogP contribution in [0.25, 0.3) is 0 Å². The molecule has 3 rings (SSSR count). The molecule has 7 heteroatoms. The van der Waals surface area contributed by atoms with Gasteiger partial charge in [-0.05, 0) is 68.7 Å². The highest BCUT2D eigenvalue weighted by molar-refractivity contribution is 6.30. The largest absolute Gasteiger partial charge is 0.494 e. The van der Waals surface area contributed by atoms with Gasteiger partial charge in [-0.2, -0.15) is 0 Å². The number of halogens is 1. The van der Waals surface area contributed by atoms with Crippen LogP contribution >= 0.6 is 11.6 Å². The molecule has 2 N–H and O–H groups in total. The number of hydrogen-bond donors (Lipinski definition) is 2. The zero-order valence-corrected chi connectivity index (χ0v) is 16.6. The summed E-state index contributed by atoms with van der Waals surface area (Å²) in [6.07, 6.45) is 0.653. The van der Waals surface area contributed by atoms with Crippen molar-refractivity contribution in [3.63, 3.8) is 0 Å². The fourth-order valence-electron chi connectivity index (χ4n) is 2.94. The van der Waals surface area contributed by atoms with Gasteiger partial charge in [0.15, 0.2) is 6.10 Å². The Kier molecular flexibility index (Phi) is 6.09. The SMILES string of the molecule is CCOc1ccc(OC(C)C(=O)NNC(=O)C2(c3cccc(Cl)c3)CC2)cc1. The predicted octanol–water partition coefficient (Wildman–Crippen LogP) is 3.39. The highest BCUT2D eigenvalue weighted by Crippen LogP contribution is 2.48. The predicted molar refractivity (Wildman–Crippen MR) is 106 cm³/mol. The van der Waals surface area contributed by atoms with Gasteiger partial charge in [-0.15, -0.1) is 0 Å². The molecular formula is C21H23ClN2O4. The lowest BCUT2D eigenvalue weighted by Gasteiger charge is -2.19. The molecule has 0 radical (unpaired) electrons. The molecule has 2 aromatic carbocycles. The van der Waals surface area contributed by atoms with Crippen LogP contribution in [0.2, 0.25) is 5.02 Å². The average molecular weight is 403 g/mol. The van der Waals surface area contributed by atoms with Crippen molar-refractivity contribution in [2.45, 2.75) is 38.2 Å². The van der Waals surface area contributed by atoms with Gasteiger partial charge in [-0.3, -0.25) is 20.4 Å². The van der Waals surface area contributed by atoms with Crippen molar-refractivity contribution in [1.82, 2.24) is 10.9 Å². The van der Waals surface area contributed by atoms with E-state index in [-0.39, 0.29) is 5.91 Å². The van der Waals surface area contributed by atoms with Gasteiger partial charge in [0.2, 0.25) is 5.91 Å². The fourth-order valence-corrected chi connectivity index (χ4v) is 3.13. The molecule has 1 aliphatic carbocycles. The Morgan fingerprint density at radius 3 is 2.39 bits per heavy atom. The highest BCUT2D eigenvalue weighted by atomic mass is 35.5. The van der Waals surface area contributed by atoms with E-state index >= 15 is 0 Å². The highest BCUT2D eigenvalue weighted by Gasteiger charge is 2.51. The van der Waals surface area contributed by atoms with Crippen LogP contribution in [-0.4, -0.2) is 24.5 Å². The summed E-state index contributed by atoms with van der Waals surface area (Å²) < 4.78 is 11.0. The van der Waals surface area contributed by atoms with E-state index in [1.54, 1.807) is 43.3 Å². The first kappa shape index (κ1) is 20.0. The summed E-state index contributed by atoms with van der Waals surface area (Å²) in [6.45, 7) is 4.10. The van der Waals surface area contributed by atoms with Crippen molar-refractivity contribution in [1.29, 1.82) is 0 Å². The molecule has 1 unspecified atom stereocenters. The maximum absolute atomic E-state index is 12.6. The molecule has 148 valence electrons. The van der Waals surface area contributed by atoms with Crippen molar-refractivity contribution in [2.75, 3.05) is 6.61 Å². The number of amides is 2. The minimum Gasteiger partial charge on any atom is -0.494 e. The summed E-state index contributed by atoms with van der Waals surface area (Å²) in [7, 11) is 0. The molecule has 1 atom stereocenters. The summed E-state index contributed by atoms with van der Waals surface area (Å²) in [4.78, 5) is 24.9. The van der Waals surface area contributed by atoms with Gasteiger partial charge in [0.25, 0.3) is 5.91 Å². The van der Waals surface area contributed by atoms with Gasteiger partial charge in [0, 0.05) is 5.02 Å². The third-order valence-electron chi connectivity index (χ3n) is 4.68. The van der Waals surface area contributed by atoms with E-state index in [1.165, 1.54) is 0 Å². The zero-order valence-electron chi connectivity index (χ0n) is 15.8. The van der Waals surface area contributed by atoms with Crippen LogP contribution in [-0.2, 0) is 15.0 Å². The van der Waals surface area contributed by atoms with Crippen LogP contribution < -0.4 is 20.3 Å². The van der Waals surface area contributed by atoms with E-state index in [2.05, 4.69) is 10.9 Å². The number of nitrogens with one attached hydrogen (secondary N) is 2. The first-order chi connectivity index (χ1) is 13.4. The van der Waals surface area contributed by atoms with Gasteiger partial charge in [-0.1, -0.05) is 23.7 Å². The Balaban J connectivity index is 1.52. The molecule has 6 nitrogen and oxygen atoms in total. The standard InChI is InChI=1S/C21H23ClN2O4/c1-3-27-17-7-9-18(10-8-17)28-14(2)19(25)23-24-20(26)21(11-12-21)15-5-4-6-16(22)13-15/h4-10,13-14H,3,11-12H2,1-2H3,(H,23,25)(H,24,26). The van der Waals surface area contributed by atoms with Crippen LogP contribution in [0.1, 0.15) is 32.3 Å². The summed E-state index contributed by atoms with van der Waals surface area (Å²) in [6, 6.07) is 14.2. The monoisotopic (exact) mass is 402 g/mol. The molecule has 2 aromatic rings. The molecule has 2 amide bonds. The summed E-state index contributed by atoms with van der Waals surface area (Å²) in [5.74, 6) is 0.575. The van der Waals surface area contributed by atoms with Crippen LogP contribution in [0.5, 0.6) is 11.5 Å². The molecule has 28 heavy (non-hydrogen) atoms. The number of rotatable bonds is 7.